The smallest absolute Gasteiger partial charge is 0.362 e. The maximum atomic E-state index is 14.3. The van der Waals surface area contributed by atoms with Crippen molar-refractivity contribution in [1.82, 2.24) is 5.32 Å². The van der Waals surface area contributed by atoms with Crippen LogP contribution in [0, 0.1) is 22.9 Å². The summed E-state index contributed by atoms with van der Waals surface area (Å²) in [6, 6.07) is 1.26. The third kappa shape index (κ3) is 3.66. The number of halogens is 4. The average molecular weight is 386 g/mol. The number of guanidine groups is 1. The summed E-state index contributed by atoms with van der Waals surface area (Å²) < 4.78 is 41.9. The van der Waals surface area contributed by atoms with Gasteiger partial charge in [-0.3, -0.25) is 0 Å². The van der Waals surface area contributed by atoms with Crippen LogP contribution < -0.4 is 22.7 Å². The van der Waals surface area contributed by atoms with Crippen molar-refractivity contribution in [2.75, 3.05) is 0 Å². The van der Waals surface area contributed by atoms with Gasteiger partial charge in [0, 0.05) is 18.2 Å². The molecule has 0 aliphatic carbocycles. The highest BCUT2D eigenvalue weighted by atomic mass is 35.5. The van der Waals surface area contributed by atoms with E-state index in [0.717, 1.165) is 0 Å². The summed E-state index contributed by atoms with van der Waals surface area (Å²) in [6.07, 6.45) is 2.67. The number of hydrogen-bond acceptors (Lipinski definition) is 4. The van der Waals surface area contributed by atoms with Crippen LogP contribution in [0.1, 0.15) is 33.3 Å². The number of rotatable bonds is 3. The normalized spacial score (nSPS) is 19.8. The third-order valence-electron chi connectivity index (χ3n) is 4.34. The Hall–Kier alpha value is -2.19. The highest BCUT2D eigenvalue weighted by Gasteiger charge is 2.37. The molecule has 0 fully saturated rings. The van der Waals surface area contributed by atoms with Crippen molar-refractivity contribution < 1.29 is 30.6 Å². The van der Waals surface area contributed by atoms with E-state index in [1.54, 1.807) is 0 Å². The number of aliphatic imine (C=N–C) groups is 2. The van der Waals surface area contributed by atoms with Gasteiger partial charge in [-0.2, -0.15) is 9.98 Å². The first-order chi connectivity index (χ1) is 11.7. The standard InChI is InChI=1S/C17H18F3N5.ClH/c1-9(17(2,3)4)24-15-11(7-21-16-22-8-23-25(15)16)14-12(19)5-10(18)6-13(14)20;/h5-9,24H,1-4H3;1H. The summed E-state index contributed by atoms with van der Waals surface area (Å²) in [4.78, 5) is 8.14. The summed E-state index contributed by atoms with van der Waals surface area (Å²) in [6.45, 7) is 8.08. The lowest BCUT2D eigenvalue weighted by atomic mass is 9.88. The summed E-state index contributed by atoms with van der Waals surface area (Å²) in [7, 11) is 0. The van der Waals surface area contributed by atoms with Crippen molar-refractivity contribution in [3.05, 3.63) is 41.0 Å². The molecule has 2 N–H and O–H groups in total. The third-order valence-corrected chi connectivity index (χ3v) is 4.34. The fourth-order valence-corrected chi connectivity index (χ4v) is 2.42. The number of nitrogens with zero attached hydrogens (tertiary/aromatic N) is 3. The maximum Gasteiger partial charge on any atom is 0.362 e. The number of nitrogens with one attached hydrogen (secondary N) is 2. The molecule has 140 valence electrons. The monoisotopic (exact) mass is 385 g/mol. The fourth-order valence-electron chi connectivity index (χ4n) is 2.42. The number of quaternary nitrogens is 1. The van der Waals surface area contributed by atoms with E-state index in [1.807, 2.05) is 27.7 Å². The summed E-state index contributed by atoms with van der Waals surface area (Å²) in [5.74, 6) is -2.17. The van der Waals surface area contributed by atoms with Gasteiger partial charge in [-0.15, -0.1) is 0 Å². The molecule has 0 aromatic heterocycles. The van der Waals surface area contributed by atoms with E-state index in [1.165, 1.54) is 12.6 Å². The molecule has 2 aliphatic heterocycles. The first kappa shape index (κ1) is 20.1. The zero-order valence-corrected chi connectivity index (χ0v) is 15.5. The number of benzene rings is 1. The molecule has 0 amide bonds. The molecule has 3 rings (SSSR count). The van der Waals surface area contributed by atoms with Crippen LogP contribution in [0.2, 0.25) is 0 Å². The van der Waals surface area contributed by atoms with Crippen molar-refractivity contribution in [3.8, 4) is 0 Å². The quantitative estimate of drug-likeness (QED) is 0.695. The number of allylic oxidation sites excluding steroid dienone is 1. The molecule has 26 heavy (non-hydrogen) atoms. The van der Waals surface area contributed by atoms with Crippen molar-refractivity contribution in [3.63, 3.8) is 0 Å². The second-order valence-corrected chi connectivity index (χ2v) is 7.07. The van der Waals surface area contributed by atoms with E-state index in [9.17, 15) is 13.2 Å². The Balaban J connectivity index is 0.00000243. The lowest BCUT2D eigenvalue weighted by molar-refractivity contribution is -0.771. The Morgan fingerprint density at radius 3 is 2.31 bits per heavy atom. The first-order valence-electron chi connectivity index (χ1n) is 7.86. The van der Waals surface area contributed by atoms with Gasteiger partial charge in [-0.25, -0.2) is 13.2 Å². The Labute approximate surface area is 155 Å². The molecule has 1 aromatic carbocycles. The van der Waals surface area contributed by atoms with Crippen LogP contribution in [0.3, 0.4) is 0 Å². The molecular weight excluding hydrogens is 367 g/mol. The van der Waals surface area contributed by atoms with Crippen LogP contribution in [0.4, 0.5) is 13.2 Å². The predicted molar refractivity (Wildman–Crippen MR) is 90.7 cm³/mol. The molecule has 2 atom stereocenters. The lowest BCUT2D eigenvalue weighted by Crippen LogP contribution is -3.09. The van der Waals surface area contributed by atoms with Crippen LogP contribution >= 0.6 is 0 Å². The molecule has 5 nitrogen and oxygen atoms in total. The minimum absolute atomic E-state index is 0. The van der Waals surface area contributed by atoms with Gasteiger partial charge in [0.1, 0.15) is 17.5 Å². The summed E-state index contributed by atoms with van der Waals surface area (Å²) in [5.41, 5.74) is -0.284. The van der Waals surface area contributed by atoms with Gasteiger partial charge in [-0.1, -0.05) is 30.9 Å². The SMILES string of the molecule is CC(NC1=C(c2c(F)cc(F)cc2F)C=NC2=NC=N[NH+]21)C(C)(C)C.[Cl-]. The first-order valence-corrected chi connectivity index (χ1v) is 7.86. The maximum absolute atomic E-state index is 14.3. The Morgan fingerprint density at radius 1 is 1.12 bits per heavy atom. The number of hydrogen-bond donors (Lipinski definition) is 2. The minimum atomic E-state index is -0.996. The summed E-state index contributed by atoms with van der Waals surface area (Å²) in [5, 5.41) is 7.85. The lowest BCUT2D eigenvalue weighted by Gasteiger charge is -2.31. The Morgan fingerprint density at radius 2 is 1.73 bits per heavy atom. The van der Waals surface area contributed by atoms with Crippen LogP contribution in [0.25, 0.3) is 5.57 Å². The van der Waals surface area contributed by atoms with E-state index in [0.29, 0.717) is 28.9 Å². The van der Waals surface area contributed by atoms with Crippen LogP contribution in [-0.2, 0) is 0 Å². The topological polar surface area (TPSA) is 53.5 Å². The van der Waals surface area contributed by atoms with Gasteiger partial charge in [-0.05, 0) is 12.3 Å². The van der Waals surface area contributed by atoms with Crippen molar-refractivity contribution in [2.24, 2.45) is 20.5 Å². The molecule has 0 saturated carbocycles. The van der Waals surface area contributed by atoms with E-state index in [2.05, 4.69) is 20.4 Å². The van der Waals surface area contributed by atoms with Gasteiger partial charge in [0.2, 0.25) is 5.82 Å². The van der Waals surface area contributed by atoms with Gasteiger partial charge in [0.25, 0.3) is 0 Å². The second kappa shape index (κ2) is 7.20. The van der Waals surface area contributed by atoms with Gasteiger partial charge < -0.3 is 17.7 Å². The molecule has 0 spiro atoms. The van der Waals surface area contributed by atoms with Gasteiger partial charge in [0.05, 0.1) is 17.4 Å². The molecular formula is C17H19ClF3N5. The molecule has 2 unspecified atom stereocenters. The number of fused-ring (bicyclic) bond motifs is 1. The van der Waals surface area contributed by atoms with E-state index in [-0.39, 0.29) is 35.0 Å². The average Bonchev–Trinajstić information content (AvgIpc) is 2.95. The van der Waals surface area contributed by atoms with E-state index >= 15 is 0 Å². The van der Waals surface area contributed by atoms with Crippen molar-refractivity contribution >= 4 is 24.1 Å². The minimum Gasteiger partial charge on any atom is -1.00 e. The van der Waals surface area contributed by atoms with Crippen LogP contribution in [0.5, 0.6) is 0 Å². The van der Waals surface area contributed by atoms with Gasteiger partial charge >= 0.3 is 5.96 Å². The molecule has 2 heterocycles. The molecule has 0 bridgehead atoms. The zero-order chi connectivity index (χ0) is 18.4. The Kier molecular flexibility index (Phi) is 5.58. The highest BCUT2D eigenvalue weighted by molar-refractivity contribution is 6.15. The predicted octanol–water partition coefficient (Wildman–Crippen LogP) is -0.917. The second-order valence-electron chi connectivity index (χ2n) is 7.07. The molecule has 0 radical (unpaired) electrons. The van der Waals surface area contributed by atoms with Gasteiger partial charge in [0.15, 0.2) is 6.34 Å². The van der Waals surface area contributed by atoms with Crippen LogP contribution in [-0.4, -0.2) is 24.6 Å². The summed E-state index contributed by atoms with van der Waals surface area (Å²) >= 11 is 0. The molecule has 0 saturated heterocycles. The van der Waals surface area contributed by atoms with E-state index < -0.39 is 17.5 Å². The zero-order valence-electron chi connectivity index (χ0n) is 14.7. The molecule has 1 aromatic rings. The van der Waals surface area contributed by atoms with Crippen molar-refractivity contribution in [2.45, 2.75) is 33.7 Å². The Bertz CT molecular complexity index is 816. The highest BCUT2D eigenvalue weighted by Crippen LogP contribution is 2.26. The largest absolute Gasteiger partial charge is 1.00 e. The fraction of sp³-hybridized carbons (Fsp3) is 0.353. The van der Waals surface area contributed by atoms with E-state index in [4.69, 9.17) is 0 Å². The molecule has 9 heteroatoms. The van der Waals surface area contributed by atoms with Crippen LogP contribution in [0.15, 0.2) is 33.0 Å². The molecule has 2 aliphatic rings. The van der Waals surface area contributed by atoms with Crippen molar-refractivity contribution in [1.29, 1.82) is 0 Å².